The van der Waals surface area contributed by atoms with Crippen LogP contribution in [0.4, 0.5) is 8.78 Å². The molecule has 2 aromatic rings. The molecular weight excluding hydrogens is 410 g/mol. The lowest BCUT2D eigenvalue weighted by Gasteiger charge is -2.25. The van der Waals surface area contributed by atoms with Gasteiger partial charge in [-0.3, -0.25) is 4.79 Å². The first-order valence-electron chi connectivity index (χ1n) is 9.64. The fraction of sp³-hybridized carbons (Fsp3) is 0.409. The Bertz CT molecular complexity index is 1000. The fourth-order valence-electron chi connectivity index (χ4n) is 2.90. The van der Waals surface area contributed by atoms with Gasteiger partial charge in [-0.15, -0.1) is 0 Å². The normalized spacial score (nSPS) is 13.2. The lowest BCUT2D eigenvalue weighted by Crippen LogP contribution is -2.33. The van der Waals surface area contributed by atoms with E-state index in [0.29, 0.717) is 5.56 Å². The summed E-state index contributed by atoms with van der Waals surface area (Å²) in [6.45, 7) is 7.73. The maximum absolute atomic E-state index is 13.4. The topological polar surface area (TPSA) is 66.5 Å². The first-order chi connectivity index (χ1) is 13.8. The van der Waals surface area contributed by atoms with Crippen molar-refractivity contribution >= 4 is 15.9 Å². The molecular formula is C22H28F2N2O3S. The second-order valence-electron chi connectivity index (χ2n) is 8.28. The largest absolute Gasteiger partial charge is 0.339 e. The lowest BCUT2D eigenvalue weighted by molar-refractivity contribution is -0.131. The number of nitrogens with zero attached hydrogens (tertiary/aromatic N) is 1. The summed E-state index contributed by atoms with van der Waals surface area (Å²) in [7, 11) is -2.20. The maximum atomic E-state index is 13.4. The molecule has 164 valence electrons. The van der Waals surface area contributed by atoms with Crippen LogP contribution < -0.4 is 4.72 Å². The van der Waals surface area contributed by atoms with Gasteiger partial charge in [0, 0.05) is 20.0 Å². The van der Waals surface area contributed by atoms with E-state index in [1.807, 2.05) is 20.8 Å². The van der Waals surface area contributed by atoms with Crippen LogP contribution in [0.1, 0.15) is 51.3 Å². The molecule has 1 amide bonds. The van der Waals surface area contributed by atoms with Crippen LogP contribution in [0.2, 0.25) is 0 Å². The van der Waals surface area contributed by atoms with E-state index in [-0.39, 0.29) is 29.2 Å². The first kappa shape index (κ1) is 24.0. The van der Waals surface area contributed by atoms with Crippen molar-refractivity contribution in [3.05, 3.63) is 65.2 Å². The molecule has 0 aliphatic carbocycles. The summed E-state index contributed by atoms with van der Waals surface area (Å²) in [5, 5.41) is 0. The molecule has 5 nitrogen and oxygen atoms in total. The average Bonchev–Trinajstić information content (AvgIpc) is 2.68. The first-order valence-corrected chi connectivity index (χ1v) is 11.1. The zero-order valence-corrected chi connectivity index (χ0v) is 18.7. The third-order valence-corrected chi connectivity index (χ3v) is 6.54. The minimum Gasteiger partial charge on any atom is -0.339 e. The number of halogens is 2. The van der Waals surface area contributed by atoms with Crippen LogP contribution in [-0.2, 0) is 20.2 Å². The molecule has 0 saturated carbocycles. The Balaban J connectivity index is 1.96. The monoisotopic (exact) mass is 438 g/mol. The van der Waals surface area contributed by atoms with E-state index in [1.165, 1.54) is 18.0 Å². The molecule has 0 fully saturated rings. The molecule has 0 radical (unpaired) electrons. The second kappa shape index (κ2) is 9.22. The van der Waals surface area contributed by atoms with Crippen molar-refractivity contribution in [2.45, 2.75) is 50.5 Å². The Morgan fingerprint density at radius 3 is 2.20 bits per heavy atom. The van der Waals surface area contributed by atoms with Crippen LogP contribution in [0.25, 0.3) is 0 Å². The molecule has 0 heterocycles. The van der Waals surface area contributed by atoms with E-state index >= 15 is 0 Å². The highest BCUT2D eigenvalue weighted by Crippen LogP contribution is 2.24. The van der Waals surface area contributed by atoms with Gasteiger partial charge in [0.15, 0.2) is 11.6 Å². The van der Waals surface area contributed by atoms with E-state index in [1.54, 1.807) is 31.2 Å². The number of hydrogen-bond donors (Lipinski definition) is 1. The van der Waals surface area contributed by atoms with Crippen molar-refractivity contribution in [1.29, 1.82) is 0 Å². The Morgan fingerprint density at radius 1 is 1.07 bits per heavy atom. The molecule has 1 N–H and O–H groups in total. The molecule has 30 heavy (non-hydrogen) atoms. The van der Waals surface area contributed by atoms with E-state index in [0.717, 1.165) is 17.7 Å². The van der Waals surface area contributed by atoms with Crippen molar-refractivity contribution in [2.75, 3.05) is 13.6 Å². The summed E-state index contributed by atoms with van der Waals surface area (Å²) in [6, 6.07) is 9.62. The highest BCUT2D eigenvalue weighted by Gasteiger charge is 2.21. The third-order valence-electron chi connectivity index (χ3n) is 5.06. The molecule has 1 atom stereocenters. The van der Waals surface area contributed by atoms with Gasteiger partial charge in [0.1, 0.15) is 0 Å². The summed E-state index contributed by atoms with van der Waals surface area (Å²) in [5.41, 5.74) is 1.38. The zero-order valence-electron chi connectivity index (χ0n) is 17.9. The van der Waals surface area contributed by atoms with Crippen molar-refractivity contribution in [2.24, 2.45) is 0 Å². The number of amides is 1. The van der Waals surface area contributed by atoms with Crippen molar-refractivity contribution < 1.29 is 22.0 Å². The van der Waals surface area contributed by atoms with Crippen LogP contribution in [0.15, 0.2) is 47.4 Å². The van der Waals surface area contributed by atoms with Crippen molar-refractivity contribution in [1.82, 2.24) is 9.62 Å². The Labute approximate surface area is 177 Å². The van der Waals surface area contributed by atoms with Gasteiger partial charge in [-0.25, -0.2) is 21.9 Å². The Kier molecular flexibility index (Phi) is 7.36. The molecule has 0 aromatic heterocycles. The van der Waals surface area contributed by atoms with Crippen LogP contribution in [0.5, 0.6) is 0 Å². The third kappa shape index (κ3) is 5.86. The van der Waals surface area contributed by atoms with Gasteiger partial charge in [-0.05, 0) is 47.7 Å². The van der Waals surface area contributed by atoms with Crippen molar-refractivity contribution in [3.63, 3.8) is 0 Å². The minimum atomic E-state index is -3.74. The minimum absolute atomic E-state index is 0.0657. The fourth-order valence-corrected chi connectivity index (χ4v) is 3.93. The summed E-state index contributed by atoms with van der Waals surface area (Å²) in [5.74, 6) is -2.26. The number of carbonyl (C=O) groups excluding carboxylic acids is 1. The molecule has 0 aliphatic rings. The van der Waals surface area contributed by atoms with Crippen LogP contribution in [-0.4, -0.2) is 32.8 Å². The molecule has 0 aliphatic heterocycles. The number of carbonyl (C=O) groups is 1. The van der Waals surface area contributed by atoms with E-state index in [9.17, 15) is 22.0 Å². The maximum Gasteiger partial charge on any atom is 0.240 e. The summed E-state index contributed by atoms with van der Waals surface area (Å²) in [4.78, 5) is 13.9. The van der Waals surface area contributed by atoms with Crippen LogP contribution in [0.3, 0.4) is 0 Å². The smallest absolute Gasteiger partial charge is 0.240 e. The SMILES string of the molecule is CC(c1ccc(F)c(F)c1)N(C)C(=O)CCNS(=O)(=O)c1ccc(C(C)(C)C)cc1. The quantitative estimate of drug-likeness (QED) is 0.706. The second-order valence-corrected chi connectivity index (χ2v) is 10.0. The summed E-state index contributed by atoms with van der Waals surface area (Å²) in [6.07, 6.45) is -0.0657. The average molecular weight is 439 g/mol. The number of nitrogens with one attached hydrogen (secondary N) is 1. The van der Waals surface area contributed by atoms with Crippen molar-refractivity contribution in [3.8, 4) is 0 Å². The predicted molar refractivity (Wildman–Crippen MR) is 112 cm³/mol. The number of sulfonamides is 1. The molecule has 0 saturated heterocycles. The van der Waals surface area contributed by atoms with Gasteiger partial charge in [0.05, 0.1) is 10.9 Å². The van der Waals surface area contributed by atoms with Crippen LogP contribution >= 0.6 is 0 Å². The molecule has 2 rings (SSSR count). The molecule has 0 spiro atoms. The van der Waals surface area contributed by atoms with E-state index in [2.05, 4.69) is 4.72 Å². The molecule has 2 aromatic carbocycles. The Morgan fingerprint density at radius 2 is 1.67 bits per heavy atom. The number of rotatable bonds is 7. The highest BCUT2D eigenvalue weighted by atomic mass is 32.2. The lowest BCUT2D eigenvalue weighted by atomic mass is 9.87. The van der Waals surface area contributed by atoms with Gasteiger partial charge in [-0.2, -0.15) is 0 Å². The summed E-state index contributed by atoms with van der Waals surface area (Å²) < 4.78 is 53.9. The van der Waals surface area contributed by atoms with Gasteiger partial charge >= 0.3 is 0 Å². The number of benzene rings is 2. The van der Waals surface area contributed by atoms with Gasteiger partial charge in [-0.1, -0.05) is 39.0 Å². The summed E-state index contributed by atoms with van der Waals surface area (Å²) >= 11 is 0. The van der Waals surface area contributed by atoms with Gasteiger partial charge in [0.25, 0.3) is 0 Å². The predicted octanol–water partition coefficient (Wildman–Crippen LogP) is 4.15. The standard InChI is InChI=1S/C22H28F2N2O3S/c1-15(16-6-11-19(23)20(24)14-16)26(5)21(27)12-13-25-30(28,29)18-9-7-17(8-10-18)22(2,3)4/h6-11,14-15,25H,12-13H2,1-5H3. The Hall–Kier alpha value is -2.32. The molecule has 1 unspecified atom stereocenters. The van der Waals surface area contributed by atoms with E-state index in [4.69, 9.17) is 0 Å². The molecule has 0 bridgehead atoms. The van der Waals surface area contributed by atoms with Gasteiger partial charge in [0.2, 0.25) is 15.9 Å². The van der Waals surface area contributed by atoms with Gasteiger partial charge < -0.3 is 4.90 Å². The van der Waals surface area contributed by atoms with Crippen LogP contribution in [0, 0.1) is 11.6 Å². The number of hydrogen-bond acceptors (Lipinski definition) is 3. The zero-order chi connectivity index (χ0) is 22.7. The van der Waals surface area contributed by atoms with E-state index < -0.39 is 27.7 Å². The molecule has 8 heteroatoms. The highest BCUT2D eigenvalue weighted by molar-refractivity contribution is 7.89.